The van der Waals surface area contributed by atoms with Crippen LogP contribution in [-0.2, 0) is 13.8 Å². The fourth-order valence-electron chi connectivity index (χ4n) is 0.755. The van der Waals surface area contributed by atoms with Gasteiger partial charge in [-0.1, -0.05) is 13.8 Å². The van der Waals surface area contributed by atoms with Crippen molar-refractivity contribution in [3.8, 4) is 0 Å². The van der Waals surface area contributed by atoms with Crippen molar-refractivity contribution in [2.24, 2.45) is 5.41 Å². The summed E-state index contributed by atoms with van der Waals surface area (Å²) in [6.45, 7) is 4.51. The fraction of sp³-hybridized carbons (Fsp3) is 0.833. The van der Waals surface area contributed by atoms with E-state index in [0.717, 1.165) is 6.29 Å². The first-order valence-corrected chi connectivity index (χ1v) is 3.96. The topological polar surface area (TPSA) is 35.5 Å². The summed E-state index contributed by atoms with van der Waals surface area (Å²) in [5.41, 5.74) is -0.160. The summed E-state index contributed by atoms with van der Waals surface area (Å²) >= 11 is 0. The number of rotatable bonds is 1. The van der Waals surface area contributed by atoms with Crippen molar-refractivity contribution in [3.05, 3.63) is 0 Å². The maximum Gasteiger partial charge on any atom is 0.155 e. The molecule has 1 saturated heterocycles. The van der Waals surface area contributed by atoms with E-state index < -0.39 is 0 Å². The molecule has 0 aliphatic carbocycles. The summed E-state index contributed by atoms with van der Waals surface area (Å²) in [6.07, 6.45) is 0.551. The first-order valence-electron chi connectivity index (χ1n) is 3.14. The van der Waals surface area contributed by atoms with E-state index in [2.05, 4.69) is 0 Å². The third-order valence-electron chi connectivity index (χ3n) is 1.57. The fourth-order valence-corrected chi connectivity index (χ4v) is 1.73. The molecule has 2 atom stereocenters. The van der Waals surface area contributed by atoms with E-state index in [1.165, 1.54) is 0 Å². The Kier molecular flexibility index (Phi) is 2.40. The van der Waals surface area contributed by atoms with Gasteiger partial charge < -0.3 is 13.8 Å². The highest BCUT2D eigenvalue weighted by Gasteiger charge is 2.34. The number of hydrogen-bond acceptors (Lipinski definition) is 3. The summed E-state index contributed by atoms with van der Waals surface area (Å²) in [5, 5.41) is 0. The molecule has 1 aliphatic rings. The van der Waals surface area contributed by atoms with Gasteiger partial charge in [0.15, 0.2) is 9.03 Å². The van der Waals surface area contributed by atoms with Gasteiger partial charge in [0.2, 0.25) is 0 Å². The molecule has 4 heteroatoms. The Hall–Kier alpha value is 0.0200. The standard InChI is InChI=1S/C6H11O3P/c1-6(2)4-8-10-9-5(6)3-7/h3,5,10H,4H2,1-2H3. The highest BCUT2D eigenvalue weighted by molar-refractivity contribution is 7.26. The second kappa shape index (κ2) is 2.95. The van der Waals surface area contributed by atoms with E-state index in [1.807, 2.05) is 13.8 Å². The van der Waals surface area contributed by atoms with Crippen LogP contribution in [0.5, 0.6) is 0 Å². The zero-order valence-electron chi connectivity index (χ0n) is 6.09. The number of aldehydes is 1. The normalized spacial score (nSPS) is 34.0. The monoisotopic (exact) mass is 162 g/mol. The second-order valence-corrected chi connectivity index (χ2v) is 3.73. The van der Waals surface area contributed by atoms with E-state index >= 15 is 0 Å². The van der Waals surface area contributed by atoms with Crippen molar-refractivity contribution in [2.75, 3.05) is 6.61 Å². The molecule has 10 heavy (non-hydrogen) atoms. The lowest BCUT2D eigenvalue weighted by molar-refractivity contribution is -0.121. The van der Waals surface area contributed by atoms with Gasteiger partial charge in [-0.25, -0.2) is 0 Å². The minimum Gasteiger partial charge on any atom is -0.336 e. The van der Waals surface area contributed by atoms with E-state index in [-0.39, 0.29) is 20.6 Å². The highest BCUT2D eigenvalue weighted by Crippen LogP contribution is 2.35. The van der Waals surface area contributed by atoms with Gasteiger partial charge in [-0.15, -0.1) is 0 Å². The van der Waals surface area contributed by atoms with Gasteiger partial charge in [0.05, 0.1) is 6.61 Å². The summed E-state index contributed by atoms with van der Waals surface area (Å²) in [4.78, 5) is 10.4. The van der Waals surface area contributed by atoms with Crippen LogP contribution in [0.2, 0.25) is 0 Å². The zero-order valence-corrected chi connectivity index (χ0v) is 7.09. The average molecular weight is 162 g/mol. The Balaban J connectivity index is 2.59. The molecular formula is C6H11O3P. The van der Waals surface area contributed by atoms with Gasteiger partial charge in [0, 0.05) is 5.41 Å². The van der Waals surface area contributed by atoms with Crippen LogP contribution in [0.1, 0.15) is 13.8 Å². The minimum absolute atomic E-state index is 0.0243. The Labute approximate surface area is 62.0 Å². The van der Waals surface area contributed by atoms with Crippen LogP contribution in [0.15, 0.2) is 0 Å². The molecule has 2 unspecified atom stereocenters. The molecule has 0 radical (unpaired) electrons. The molecule has 0 aromatic heterocycles. The van der Waals surface area contributed by atoms with Crippen molar-refractivity contribution in [2.45, 2.75) is 20.0 Å². The maximum absolute atomic E-state index is 10.4. The Morgan fingerprint density at radius 3 is 2.80 bits per heavy atom. The summed E-state index contributed by atoms with van der Waals surface area (Å²) < 4.78 is 10.1. The molecule has 1 rings (SSSR count). The third-order valence-corrected chi connectivity index (χ3v) is 2.18. The molecule has 0 spiro atoms. The van der Waals surface area contributed by atoms with E-state index in [4.69, 9.17) is 9.05 Å². The predicted octanol–water partition coefficient (Wildman–Crippen LogP) is 1.14. The van der Waals surface area contributed by atoms with Crippen LogP contribution in [0.3, 0.4) is 0 Å². The SMILES string of the molecule is CC1(C)COPOC1C=O. The smallest absolute Gasteiger partial charge is 0.155 e. The van der Waals surface area contributed by atoms with Crippen LogP contribution in [0.4, 0.5) is 0 Å². The van der Waals surface area contributed by atoms with E-state index in [0.29, 0.717) is 6.61 Å². The zero-order chi connectivity index (χ0) is 7.61. The van der Waals surface area contributed by atoms with Gasteiger partial charge in [-0.3, -0.25) is 0 Å². The van der Waals surface area contributed by atoms with Crippen molar-refractivity contribution in [1.29, 1.82) is 0 Å². The number of hydrogen-bond donors (Lipinski definition) is 0. The lowest BCUT2D eigenvalue weighted by atomic mass is 9.88. The lowest BCUT2D eigenvalue weighted by Crippen LogP contribution is -2.37. The molecule has 58 valence electrons. The summed E-state index contributed by atoms with van der Waals surface area (Å²) in [7, 11) is 0.0243. The van der Waals surface area contributed by atoms with Crippen LogP contribution in [-0.4, -0.2) is 19.0 Å². The maximum atomic E-state index is 10.4. The molecular weight excluding hydrogens is 151 g/mol. The Morgan fingerprint density at radius 2 is 2.40 bits per heavy atom. The molecule has 0 aromatic rings. The molecule has 1 heterocycles. The number of carbonyl (C=O) groups excluding carboxylic acids is 1. The average Bonchev–Trinajstić information content (AvgIpc) is 1.87. The Morgan fingerprint density at radius 1 is 1.70 bits per heavy atom. The quantitative estimate of drug-likeness (QED) is 0.428. The van der Waals surface area contributed by atoms with Gasteiger partial charge in [0.1, 0.15) is 12.4 Å². The molecule has 0 bridgehead atoms. The van der Waals surface area contributed by atoms with Crippen molar-refractivity contribution < 1.29 is 13.8 Å². The molecule has 0 N–H and O–H groups in total. The van der Waals surface area contributed by atoms with Crippen molar-refractivity contribution >= 4 is 15.3 Å². The van der Waals surface area contributed by atoms with Crippen LogP contribution >= 0.6 is 9.03 Å². The van der Waals surface area contributed by atoms with Crippen molar-refractivity contribution in [3.63, 3.8) is 0 Å². The van der Waals surface area contributed by atoms with Gasteiger partial charge >= 0.3 is 0 Å². The first-order chi connectivity index (χ1) is 4.67. The minimum atomic E-state index is -0.292. The third kappa shape index (κ3) is 1.54. The largest absolute Gasteiger partial charge is 0.336 e. The van der Waals surface area contributed by atoms with Gasteiger partial charge in [-0.05, 0) is 0 Å². The molecule has 0 saturated carbocycles. The predicted molar refractivity (Wildman–Crippen MR) is 39.0 cm³/mol. The molecule has 0 amide bonds. The molecule has 3 nitrogen and oxygen atoms in total. The lowest BCUT2D eigenvalue weighted by Gasteiger charge is -2.33. The second-order valence-electron chi connectivity index (χ2n) is 3.04. The Bertz CT molecular complexity index is 135. The van der Waals surface area contributed by atoms with Gasteiger partial charge in [-0.2, -0.15) is 0 Å². The highest BCUT2D eigenvalue weighted by atomic mass is 31.1. The summed E-state index contributed by atoms with van der Waals surface area (Å²) in [6, 6.07) is 0. The summed E-state index contributed by atoms with van der Waals surface area (Å²) in [5.74, 6) is 0. The first kappa shape index (κ1) is 8.12. The van der Waals surface area contributed by atoms with E-state index in [9.17, 15) is 4.79 Å². The molecule has 0 aromatic carbocycles. The van der Waals surface area contributed by atoms with Crippen LogP contribution in [0, 0.1) is 5.41 Å². The molecule has 1 aliphatic heterocycles. The van der Waals surface area contributed by atoms with Crippen molar-refractivity contribution in [1.82, 2.24) is 0 Å². The van der Waals surface area contributed by atoms with Gasteiger partial charge in [0.25, 0.3) is 0 Å². The number of carbonyl (C=O) groups is 1. The van der Waals surface area contributed by atoms with Crippen LogP contribution < -0.4 is 0 Å². The van der Waals surface area contributed by atoms with E-state index in [1.54, 1.807) is 0 Å². The molecule has 1 fully saturated rings. The van der Waals surface area contributed by atoms with Crippen LogP contribution in [0.25, 0.3) is 0 Å².